The number of hydrogen-bond acceptors (Lipinski definition) is 4. The molecule has 33 heavy (non-hydrogen) atoms. The van der Waals surface area contributed by atoms with Crippen molar-refractivity contribution in [3.63, 3.8) is 0 Å². The largest absolute Gasteiger partial charge is 0.499 e. The topological polar surface area (TPSA) is 83.6 Å². The van der Waals surface area contributed by atoms with Crippen LogP contribution in [0.5, 0.6) is 0 Å². The zero-order valence-corrected chi connectivity index (χ0v) is 17.3. The normalized spacial score (nSPS) is 16.5. The number of alkyl halides is 3. The molecule has 0 saturated heterocycles. The highest BCUT2D eigenvalue weighted by molar-refractivity contribution is 6.08. The van der Waals surface area contributed by atoms with Crippen molar-refractivity contribution >= 4 is 23.4 Å². The predicted octanol–water partition coefficient (Wildman–Crippen LogP) is 4.49. The van der Waals surface area contributed by atoms with Gasteiger partial charge in [-0.1, -0.05) is 12.6 Å². The number of nitrogens with zero attached hydrogens (tertiary/aromatic N) is 2. The molecule has 0 bridgehead atoms. The molecule has 2 aliphatic rings. The molecule has 2 heterocycles. The van der Waals surface area contributed by atoms with Crippen LogP contribution < -0.4 is 15.5 Å². The molecule has 2 aromatic rings. The number of amides is 3. The van der Waals surface area contributed by atoms with Crippen LogP contribution in [0.4, 0.5) is 33.9 Å². The molecule has 2 N–H and O–H groups in total. The van der Waals surface area contributed by atoms with E-state index in [0.717, 1.165) is 35.6 Å². The number of nitrogens with one attached hydrogen (secondary N) is 2. The molecule has 1 aromatic carbocycles. The van der Waals surface area contributed by atoms with Gasteiger partial charge in [-0.3, -0.25) is 9.69 Å². The van der Waals surface area contributed by atoms with E-state index in [0.29, 0.717) is 23.7 Å². The van der Waals surface area contributed by atoms with Crippen molar-refractivity contribution < 1.29 is 31.9 Å². The second-order valence-corrected chi connectivity index (χ2v) is 7.79. The summed E-state index contributed by atoms with van der Waals surface area (Å²) in [5.41, 5.74) is -0.00764. The number of benzene rings is 1. The summed E-state index contributed by atoms with van der Waals surface area (Å²) >= 11 is 0. The van der Waals surface area contributed by atoms with Gasteiger partial charge in [0, 0.05) is 6.20 Å². The molecule has 11 heteroatoms. The Morgan fingerprint density at radius 1 is 1.36 bits per heavy atom. The summed E-state index contributed by atoms with van der Waals surface area (Å²) in [5.74, 6) is -1.28. The Labute approximate surface area is 186 Å². The molecule has 1 atom stereocenters. The van der Waals surface area contributed by atoms with E-state index < -0.39 is 35.5 Å². The minimum Gasteiger partial charge on any atom is -0.499 e. The molecule has 174 valence electrons. The van der Waals surface area contributed by atoms with Gasteiger partial charge in [0.15, 0.2) is 5.82 Å². The Bertz CT molecular complexity index is 1100. The van der Waals surface area contributed by atoms with E-state index in [9.17, 15) is 27.2 Å². The second kappa shape index (κ2) is 8.72. The number of urea groups is 1. The molecule has 1 aliphatic heterocycles. The Morgan fingerprint density at radius 2 is 2.12 bits per heavy atom. The first-order valence-electron chi connectivity index (χ1n) is 10.1. The summed E-state index contributed by atoms with van der Waals surface area (Å²) in [4.78, 5) is 30.7. The molecular formula is C22H20F4N4O3. The number of carbonyl (C=O) groups excluding carboxylic acids is 2. The first kappa shape index (κ1) is 22.6. The van der Waals surface area contributed by atoms with Crippen LogP contribution in [-0.2, 0) is 15.7 Å². The fraction of sp³-hybridized carbons (Fsp3) is 0.318. The van der Waals surface area contributed by atoms with Crippen LogP contribution in [0.15, 0.2) is 43.3 Å². The smallest absolute Gasteiger partial charge is 0.419 e. The highest BCUT2D eigenvalue weighted by atomic mass is 19.4. The van der Waals surface area contributed by atoms with Crippen LogP contribution in [0.3, 0.4) is 0 Å². The zero-order valence-electron chi connectivity index (χ0n) is 17.3. The van der Waals surface area contributed by atoms with Gasteiger partial charge in [-0.15, -0.1) is 0 Å². The maximum atomic E-state index is 14.1. The summed E-state index contributed by atoms with van der Waals surface area (Å²) < 4.78 is 57.9. The van der Waals surface area contributed by atoms with Crippen molar-refractivity contribution in [3.05, 3.63) is 65.8 Å². The highest BCUT2D eigenvalue weighted by Gasteiger charge is 2.35. The monoisotopic (exact) mass is 464 g/mol. The minimum atomic E-state index is -4.85. The summed E-state index contributed by atoms with van der Waals surface area (Å²) in [7, 11) is 0. The number of anilines is 2. The van der Waals surface area contributed by atoms with E-state index in [2.05, 4.69) is 22.2 Å². The van der Waals surface area contributed by atoms with Crippen LogP contribution >= 0.6 is 0 Å². The van der Waals surface area contributed by atoms with E-state index in [1.807, 2.05) is 0 Å². The van der Waals surface area contributed by atoms with Gasteiger partial charge in [0.2, 0.25) is 5.91 Å². The fourth-order valence-electron chi connectivity index (χ4n) is 3.59. The first-order chi connectivity index (χ1) is 15.7. The number of aromatic nitrogens is 1. The maximum absolute atomic E-state index is 14.1. The Kier molecular flexibility index (Phi) is 5.96. The lowest BCUT2D eigenvalue weighted by molar-refractivity contribution is -0.140. The van der Waals surface area contributed by atoms with Gasteiger partial charge in [0.1, 0.15) is 19.0 Å². The van der Waals surface area contributed by atoms with Crippen molar-refractivity contribution in [1.82, 2.24) is 10.3 Å². The molecule has 1 aromatic heterocycles. The van der Waals surface area contributed by atoms with Crippen LogP contribution in [0, 0.1) is 5.82 Å². The molecule has 7 nitrogen and oxygen atoms in total. The fourth-order valence-corrected chi connectivity index (χ4v) is 3.59. The van der Waals surface area contributed by atoms with Gasteiger partial charge < -0.3 is 15.4 Å². The Morgan fingerprint density at radius 3 is 2.76 bits per heavy atom. The third-order valence-corrected chi connectivity index (χ3v) is 5.39. The minimum absolute atomic E-state index is 0.0504. The van der Waals surface area contributed by atoms with Crippen LogP contribution in [0.2, 0.25) is 0 Å². The third-order valence-electron chi connectivity index (χ3n) is 5.39. The lowest BCUT2D eigenvalue weighted by atomic mass is 10.0. The molecule has 3 amide bonds. The van der Waals surface area contributed by atoms with Gasteiger partial charge in [-0.2, -0.15) is 13.2 Å². The molecule has 1 unspecified atom stereocenters. The molecule has 0 spiro atoms. The first-order valence-corrected chi connectivity index (χ1v) is 10.1. The van der Waals surface area contributed by atoms with Gasteiger partial charge in [-0.05, 0) is 48.1 Å². The van der Waals surface area contributed by atoms with Gasteiger partial charge in [-0.25, -0.2) is 14.2 Å². The number of fused-ring (bicyclic) bond motifs is 1. The molecule has 1 fully saturated rings. The number of rotatable bonds is 6. The number of carbonyl (C=O) groups is 2. The maximum Gasteiger partial charge on any atom is 0.419 e. The predicted molar refractivity (Wildman–Crippen MR) is 111 cm³/mol. The van der Waals surface area contributed by atoms with Gasteiger partial charge in [0.05, 0.1) is 23.6 Å². The van der Waals surface area contributed by atoms with Crippen LogP contribution in [-0.4, -0.2) is 30.1 Å². The van der Waals surface area contributed by atoms with Gasteiger partial charge in [0.25, 0.3) is 0 Å². The van der Waals surface area contributed by atoms with E-state index in [1.54, 1.807) is 12.3 Å². The Balaban J connectivity index is 1.58. The van der Waals surface area contributed by atoms with Crippen molar-refractivity contribution in [1.29, 1.82) is 0 Å². The average molecular weight is 464 g/mol. The molecule has 1 saturated carbocycles. The van der Waals surface area contributed by atoms with E-state index >= 15 is 0 Å². The summed E-state index contributed by atoms with van der Waals surface area (Å²) in [6.07, 6.45) is -0.0442. The second-order valence-electron chi connectivity index (χ2n) is 7.79. The lowest BCUT2D eigenvalue weighted by Crippen LogP contribution is -2.49. The van der Waals surface area contributed by atoms with Crippen molar-refractivity contribution in [2.24, 2.45) is 0 Å². The van der Waals surface area contributed by atoms with Gasteiger partial charge >= 0.3 is 12.2 Å². The van der Waals surface area contributed by atoms with Crippen molar-refractivity contribution in [2.45, 2.75) is 31.0 Å². The lowest BCUT2D eigenvalue weighted by Gasteiger charge is -2.30. The van der Waals surface area contributed by atoms with Crippen LogP contribution in [0.1, 0.15) is 41.5 Å². The Hall–Kier alpha value is -3.63. The molecule has 4 rings (SSSR count). The summed E-state index contributed by atoms with van der Waals surface area (Å²) in [6.45, 7) is 2.86. The molecule has 1 aliphatic carbocycles. The SMILES string of the molecule is C=COCC(NC(=O)N1CC(=O)Nc2cc(C3CC3)cnc21)c1ccc(C(F)(F)F)c(F)c1. The van der Waals surface area contributed by atoms with Crippen LogP contribution in [0.25, 0.3) is 0 Å². The van der Waals surface area contributed by atoms with E-state index in [4.69, 9.17) is 4.74 Å². The van der Waals surface area contributed by atoms with E-state index in [1.165, 1.54) is 0 Å². The third kappa shape index (κ3) is 4.91. The summed E-state index contributed by atoms with van der Waals surface area (Å²) in [5, 5.41) is 5.28. The summed E-state index contributed by atoms with van der Waals surface area (Å²) in [6, 6.07) is 2.36. The van der Waals surface area contributed by atoms with Crippen molar-refractivity contribution in [2.75, 3.05) is 23.4 Å². The standard InChI is InChI=1S/C22H20F4N4O3/c1-2-33-11-18(13-5-6-15(16(23)7-13)22(24,25)26)29-21(32)30-10-19(31)28-17-8-14(12-3-4-12)9-27-20(17)30/h2,5-9,12,18H,1,3-4,10-11H2,(H,28,31)(H,29,32). The number of hydrogen-bond donors (Lipinski definition) is 2. The average Bonchev–Trinajstić information content (AvgIpc) is 3.60. The number of pyridine rings is 1. The highest BCUT2D eigenvalue weighted by Crippen LogP contribution is 2.42. The number of halogens is 4. The zero-order chi connectivity index (χ0) is 23.8. The quantitative estimate of drug-likeness (QED) is 0.488. The van der Waals surface area contributed by atoms with E-state index in [-0.39, 0.29) is 24.5 Å². The molecule has 0 radical (unpaired) electrons. The van der Waals surface area contributed by atoms with Crippen molar-refractivity contribution in [3.8, 4) is 0 Å². The molecular weight excluding hydrogens is 444 g/mol. The number of ether oxygens (including phenoxy) is 1.